The number of sulfone groups is 1. The molecule has 1 unspecified atom stereocenters. The first-order valence-corrected chi connectivity index (χ1v) is 10.6. The highest BCUT2D eigenvalue weighted by Crippen LogP contribution is 2.31. The topological polar surface area (TPSA) is 95.6 Å². The minimum Gasteiger partial charge on any atom is -0.342 e. The zero-order valence-electron chi connectivity index (χ0n) is 15.8. The van der Waals surface area contributed by atoms with Crippen molar-refractivity contribution in [1.29, 1.82) is 0 Å². The Morgan fingerprint density at radius 2 is 1.79 bits per heavy atom. The number of amides is 2. The number of rotatable bonds is 5. The standard InChI is InChI=1S/C20H23N3O4S/c1-14(21-2)19(24)22-16-13-28(26,27)18-11-7-6-10-17(18)23(20(16)25)12-15-8-4-3-5-9-15/h3-11,14,16,21H,12-13H2,1-2H3,(H,22,24)/t14-,16?/m0/s1. The molecule has 2 N–H and O–H groups in total. The number of hydrogen-bond acceptors (Lipinski definition) is 5. The lowest BCUT2D eigenvalue weighted by molar-refractivity contribution is -0.128. The van der Waals surface area contributed by atoms with Crippen LogP contribution in [0.25, 0.3) is 0 Å². The van der Waals surface area contributed by atoms with Crippen molar-refractivity contribution in [3.05, 3.63) is 60.2 Å². The summed E-state index contributed by atoms with van der Waals surface area (Å²) in [5.74, 6) is -1.35. The van der Waals surface area contributed by atoms with E-state index < -0.39 is 39.5 Å². The highest BCUT2D eigenvalue weighted by Gasteiger charge is 2.38. The van der Waals surface area contributed by atoms with E-state index in [1.165, 1.54) is 11.0 Å². The van der Waals surface area contributed by atoms with Gasteiger partial charge >= 0.3 is 0 Å². The van der Waals surface area contributed by atoms with Crippen LogP contribution in [0.5, 0.6) is 0 Å². The molecule has 0 aliphatic carbocycles. The van der Waals surface area contributed by atoms with E-state index in [0.717, 1.165) is 5.56 Å². The molecule has 2 aromatic carbocycles. The minimum absolute atomic E-state index is 0.0951. The number of fused-ring (bicyclic) bond motifs is 1. The van der Waals surface area contributed by atoms with Crippen molar-refractivity contribution in [3.8, 4) is 0 Å². The third-order valence-electron chi connectivity index (χ3n) is 4.77. The Labute approximate surface area is 164 Å². The fourth-order valence-electron chi connectivity index (χ4n) is 3.09. The summed E-state index contributed by atoms with van der Waals surface area (Å²) in [6, 6.07) is 14.0. The maximum Gasteiger partial charge on any atom is 0.250 e. The van der Waals surface area contributed by atoms with E-state index in [2.05, 4.69) is 10.6 Å². The highest BCUT2D eigenvalue weighted by molar-refractivity contribution is 7.91. The molecule has 7 nitrogen and oxygen atoms in total. The van der Waals surface area contributed by atoms with E-state index in [1.54, 1.807) is 32.2 Å². The Morgan fingerprint density at radius 1 is 1.14 bits per heavy atom. The lowest BCUT2D eigenvalue weighted by Crippen LogP contribution is -2.54. The maximum atomic E-state index is 13.3. The first-order valence-electron chi connectivity index (χ1n) is 8.98. The molecular formula is C20H23N3O4S. The molecule has 8 heteroatoms. The van der Waals surface area contributed by atoms with E-state index in [9.17, 15) is 18.0 Å². The zero-order valence-corrected chi connectivity index (χ0v) is 16.6. The molecule has 28 heavy (non-hydrogen) atoms. The van der Waals surface area contributed by atoms with E-state index in [-0.39, 0.29) is 11.4 Å². The number of likely N-dealkylation sites (N-methyl/N-ethyl adjacent to an activating group) is 1. The Balaban J connectivity index is 2.03. The van der Waals surface area contributed by atoms with E-state index >= 15 is 0 Å². The Bertz CT molecular complexity index is 976. The molecular weight excluding hydrogens is 378 g/mol. The van der Waals surface area contributed by atoms with Gasteiger partial charge in [-0.1, -0.05) is 42.5 Å². The number of para-hydroxylation sites is 1. The number of benzene rings is 2. The Morgan fingerprint density at radius 3 is 2.46 bits per heavy atom. The summed E-state index contributed by atoms with van der Waals surface area (Å²) in [7, 11) is -2.14. The second-order valence-corrected chi connectivity index (χ2v) is 8.73. The van der Waals surface area contributed by atoms with E-state index in [4.69, 9.17) is 0 Å². The minimum atomic E-state index is -3.76. The normalized spacial score (nSPS) is 19.4. The maximum absolute atomic E-state index is 13.3. The Kier molecular flexibility index (Phi) is 5.81. The van der Waals surface area contributed by atoms with E-state index in [0.29, 0.717) is 5.69 Å². The zero-order chi connectivity index (χ0) is 20.3. The first kappa shape index (κ1) is 20.0. The molecule has 3 rings (SSSR count). The number of nitrogens with one attached hydrogen (secondary N) is 2. The summed E-state index contributed by atoms with van der Waals surface area (Å²) in [6.45, 7) is 1.85. The predicted octanol–water partition coefficient (Wildman–Crippen LogP) is 1.10. The lowest BCUT2D eigenvalue weighted by atomic mass is 10.1. The largest absolute Gasteiger partial charge is 0.342 e. The Hall–Kier alpha value is -2.71. The van der Waals surface area contributed by atoms with Gasteiger partial charge in [-0.15, -0.1) is 0 Å². The average Bonchev–Trinajstić information content (AvgIpc) is 2.77. The van der Waals surface area contributed by atoms with Crippen molar-refractivity contribution in [2.75, 3.05) is 17.7 Å². The van der Waals surface area contributed by atoms with Gasteiger partial charge in [0.15, 0.2) is 9.84 Å². The van der Waals surface area contributed by atoms with Gasteiger partial charge in [-0.25, -0.2) is 8.42 Å². The second-order valence-electron chi connectivity index (χ2n) is 6.73. The monoisotopic (exact) mass is 401 g/mol. The summed E-state index contributed by atoms with van der Waals surface area (Å²) in [6.07, 6.45) is 0. The summed E-state index contributed by atoms with van der Waals surface area (Å²) in [4.78, 5) is 27.1. The number of anilines is 1. The van der Waals surface area contributed by atoms with Crippen LogP contribution in [-0.4, -0.2) is 45.1 Å². The molecule has 0 saturated carbocycles. The van der Waals surface area contributed by atoms with Gasteiger partial charge in [-0.3, -0.25) is 9.59 Å². The molecule has 0 radical (unpaired) electrons. The van der Waals surface area contributed by atoms with Crippen molar-refractivity contribution < 1.29 is 18.0 Å². The van der Waals surface area contributed by atoms with Crippen molar-refractivity contribution in [1.82, 2.24) is 10.6 Å². The van der Waals surface area contributed by atoms with Gasteiger partial charge in [-0.2, -0.15) is 0 Å². The molecule has 2 amide bonds. The van der Waals surface area contributed by atoms with Crippen LogP contribution in [0.15, 0.2) is 59.5 Å². The number of carbonyl (C=O) groups excluding carboxylic acids is 2. The van der Waals surface area contributed by atoms with Crippen molar-refractivity contribution in [2.45, 2.75) is 30.4 Å². The van der Waals surface area contributed by atoms with Gasteiger partial charge in [0.05, 0.1) is 28.9 Å². The molecule has 0 aromatic heterocycles. The summed E-state index contributed by atoms with van der Waals surface area (Å²) in [5, 5.41) is 5.38. The molecule has 1 heterocycles. The van der Waals surface area contributed by atoms with Crippen molar-refractivity contribution >= 4 is 27.3 Å². The van der Waals surface area contributed by atoms with Gasteiger partial charge in [0.2, 0.25) is 5.91 Å². The summed E-state index contributed by atoms with van der Waals surface area (Å²) < 4.78 is 25.8. The molecule has 148 valence electrons. The van der Waals surface area contributed by atoms with E-state index in [1.807, 2.05) is 30.3 Å². The van der Waals surface area contributed by atoms with Gasteiger partial charge in [0, 0.05) is 0 Å². The number of carbonyl (C=O) groups is 2. The molecule has 0 spiro atoms. The summed E-state index contributed by atoms with van der Waals surface area (Å²) >= 11 is 0. The van der Waals surface area contributed by atoms with Crippen LogP contribution < -0.4 is 15.5 Å². The van der Waals surface area contributed by atoms with Crippen LogP contribution in [0.2, 0.25) is 0 Å². The fourth-order valence-corrected chi connectivity index (χ4v) is 4.72. The molecule has 1 aliphatic rings. The lowest BCUT2D eigenvalue weighted by Gasteiger charge is -2.26. The van der Waals surface area contributed by atoms with Crippen LogP contribution in [0.1, 0.15) is 12.5 Å². The summed E-state index contributed by atoms with van der Waals surface area (Å²) in [5.41, 5.74) is 1.19. The second kappa shape index (κ2) is 8.12. The van der Waals surface area contributed by atoms with Gasteiger partial charge < -0.3 is 15.5 Å². The SMILES string of the molecule is CN[C@@H](C)C(=O)NC1CS(=O)(=O)c2ccccc2N(Cc2ccccc2)C1=O. The number of hydrogen-bond donors (Lipinski definition) is 2. The van der Waals surface area contributed by atoms with Crippen LogP contribution in [0, 0.1) is 0 Å². The third-order valence-corrected chi connectivity index (χ3v) is 6.56. The number of nitrogens with zero attached hydrogens (tertiary/aromatic N) is 1. The van der Waals surface area contributed by atoms with Crippen LogP contribution >= 0.6 is 0 Å². The van der Waals surface area contributed by atoms with Crippen LogP contribution in [-0.2, 0) is 26.0 Å². The molecule has 2 aromatic rings. The molecule has 0 fully saturated rings. The van der Waals surface area contributed by atoms with Crippen LogP contribution in [0.3, 0.4) is 0 Å². The highest BCUT2D eigenvalue weighted by atomic mass is 32.2. The van der Waals surface area contributed by atoms with Gasteiger partial charge in [-0.05, 0) is 31.7 Å². The quantitative estimate of drug-likeness (QED) is 0.782. The molecule has 1 aliphatic heterocycles. The average molecular weight is 401 g/mol. The molecule has 0 bridgehead atoms. The van der Waals surface area contributed by atoms with Crippen LogP contribution in [0.4, 0.5) is 5.69 Å². The van der Waals surface area contributed by atoms with Gasteiger partial charge in [0.1, 0.15) is 6.04 Å². The fraction of sp³-hybridized carbons (Fsp3) is 0.300. The predicted molar refractivity (Wildman–Crippen MR) is 107 cm³/mol. The third kappa shape index (κ3) is 4.07. The van der Waals surface area contributed by atoms with Crippen molar-refractivity contribution in [3.63, 3.8) is 0 Å². The van der Waals surface area contributed by atoms with Gasteiger partial charge in [0.25, 0.3) is 5.91 Å². The molecule has 2 atom stereocenters. The first-order chi connectivity index (χ1) is 13.3. The van der Waals surface area contributed by atoms with Crippen molar-refractivity contribution in [2.24, 2.45) is 0 Å². The smallest absolute Gasteiger partial charge is 0.250 e. The molecule has 0 saturated heterocycles.